The summed E-state index contributed by atoms with van der Waals surface area (Å²) < 4.78 is 11.1. The van der Waals surface area contributed by atoms with Crippen LogP contribution in [0.4, 0.5) is 5.69 Å². The third-order valence-corrected chi connectivity index (χ3v) is 4.69. The number of anilines is 1. The van der Waals surface area contributed by atoms with Crippen LogP contribution in [0.15, 0.2) is 21.3 Å². The number of nitrogens with zero attached hydrogens (tertiary/aromatic N) is 2. The monoisotopic (exact) mass is 346 g/mol. The molecule has 7 nitrogen and oxygen atoms in total. The molecule has 0 aliphatic carbocycles. The Morgan fingerprint density at radius 2 is 1.96 bits per heavy atom. The SMILES string of the molecule is CCc1c(C(=O)O)oc2c(N3CCN(C)CC3)ccc(OC)c2c1=O. The highest BCUT2D eigenvalue weighted by atomic mass is 16.5. The van der Waals surface area contributed by atoms with Crippen LogP contribution in [-0.4, -0.2) is 56.3 Å². The maximum absolute atomic E-state index is 12.9. The average molecular weight is 346 g/mol. The van der Waals surface area contributed by atoms with Crippen LogP contribution in [0, 0.1) is 0 Å². The molecule has 1 aliphatic rings. The lowest BCUT2D eigenvalue weighted by Crippen LogP contribution is -2.44. The highest BCUT2D eigenvalue weighted by molar-refractivity contribution is 5.97. The molecule has 2 aromatic rings. The first kappa shape index (κ1) is 17.3. The Hall–Kier alpha value is -2.54. The van der Waals surface area contributed by atoms with Gasteiger partial charge in [0.05, 0.1) is 18.4 Å². The Balaban J connectivity index is 2.29. The van der Waals surface area contributed by atoms with Gasteiger partial charge in [0.2, 0.25) is 11.2 Å². The van der Waals surface area contributed by atoms with Crippen molar-refractivity contribution in [2.75, 3.05) is 45.2 Å². The minimum Gasteiger partial charge on any atom is -0.496 e. The molecule has 0 bridgehead atoms. The van der Waals surface area contributed by atoms with Gasteiger partial charge in [0.1, 0.15) is 11.1 Å². The standard InChI is InChI=1S/C18H22N2O5/c1-4-11-15(21)14-13(24-3)6-5-12(17(14)25-16(11)18(22)23)20-9-7-19(2)8-10-20/h5-6H,4,7-10H2,1-3H3,(H,22,23). The van der Waals surface area contributed by atoms with Gasteiger partial charge in [0, 0.05) is 26.2 Å². The third-order valence-electron chi connectivity index (χ3n) is 4.69. The van der Waals surface area contributed by atoms with Crippen LogP contribution in [0.25, 0.3) is 11.0 Å². The first-order valence-electron chi connectivity index (χ1n) is 8.31. The molecule has 0 spiro atoms. The Bertz CT molecular complexity index is 866. The molecule has 1 fully saturated rings. The van der Waals surface area contributed by atoms with E-state index in [1.165, 1.54) is 7.11 Å². The second-order valence-corrected chi connectivity index (χ2v) is 6.18. The summed E-state index contributed by atoms with van der Waals surface area (Å²) in [6.45, 7) is 5.06. The zero-order valence-corrected chi connectivity index (χ0v) is 14.7. The van der Waals surface area contributed by atoms with Crippen LogP contribution in [0.5, 0.6) is 5.75 Å². The van der Waals surface area contributed by atoms with Gasteiger partial charge in [-0.3, -0.25) is 4.79 Å². The number of carboxylic acids is 1. The van der Waals surface area contributed by atoms with Crippen molar-refractivity contribution >= 4 is 22.6 Å². The van der Waals surface area contributed by atoms with E-state index in [2.05, 4.69) is 16.8 Å². The maximum atomic E-state index is 12.9. The summed E-state index contributed by atoms with van der Waals surface area (Å²) in [7, 11) is 3.54. The van der Waals surface area contributed by atoms with Crippen molar-refractivity contribution in [2.45, 2.75) is 13.3 Å². The molecule has 1 saturated heterocycles. The number of rotatable bonds is 4. The molecular formula is C18H22N2O5. The molecule has 2 heterocycles. The minimum atomic E-state index is -1.23. The van der Waals surface area contributed by atoms with Crippen molar-refractivity contribution in [3.8, 4) is 5.75 Å². The lowest BCUT2D eigenvalue weighted by atomic mass is 10.1. The van der Waals surface area contributed by atoms with Gasteiger partial charge in [-0.2, -0.15) is 0 Å². The van der Waals surface area contributed by atoms with Crippen molar-refractivity contribution in [1.82, 2.24) is 4.90 Å². The number of piperazine rings is 1. The molecule has 0 amide bonds. The number of hydrogen-bond donors (Lipinski definition) is 1. The van der Waals surface area contributed by atoms with Gasteiger partial charge >= 0.3 is 5.97 Å². The Labute approximate surface area is 145 Å². The van der Waals surface area contributed by atoms with Crippen molar-refractivity contribution < 1.29 is 19.1 Å². The number of aromatic carboxylic acids is 1. The van der Waals surface area contributed by atoms with E-state index in [1.807, 2.05) is 6.07 Å². The molecule has 1 aliphatic heterocycles. The zero-order chi connectivity index (χ0) is 18.1. The first-order valence-corrected chi connectivity index (χ1v) is 8.31. The molecule has 0 radical (unpaired) electrons. The van der Waals surface area contributed by atoms with E-state index in [-0.39, 0.29) is 28.8 Å². The smallest absolute Gasteiger partial charge is 0.372 e. The summed E-state index contributed by atoms with van der Waals surface area (Å²) >= 11 is 0. The van der Waals surface area contributed by atoms with Crippen molar-refractivity contribution in [3.05, 3.63) is 33.7 Å². The highest BCUT2D eigenvalue weighted by Crippen LogP contribution is 2.33. The first-order chi connectivity index (χ1) is 12.0. The van der Waals surface area contributed by atoms with Crippen LogP contribution in [-0.2, 0) is 6.42 Å². The van der Waals surface area contributed by atoms with E-state index in [4.69, 9.17) is 9.15 Å². The van der Waals surface area contributed by atoms with Gasteiger partial charge in [0.15, 0.2) is 5.58 Å². The van der Waals surface area contributed by atoms with E-state index >= 15 is 0 Å². The molecule has 1 aromatic heterocycles. The highest BCUT2D eigenvalue weighted by Gasteiger charge is 2.25. The molecular weight excluding hydrogens is 324 g/mol. The zero-order valence-electron chi connectivity index (χ0n) is 14.7. The van der Waals surface area contributed by atoms with Crippen LogP contribution < -0.4 is 15.1 Å². The van der Waals surface area contributed by atoms with E-state index < -0.39 is 5.97 Å². The maximum Gasteiger partial charge on any atom is 0.372 e. The van der Waals surface area contributed by atoms with E-state index in [0.717, 1.165) is 31.9 Å². The predicted molar refractivity (Wildman–Crippen MR) is 95.1 cm³/mol. The van der Waals surface area contributed by atoms with Crippen LogP contribution in [0.3, 0.4) is 0 Å². The van der Waals surface area contributed by atoms with Crippen LogP contribution in [0.2, 0.25) is 0 Å². The summed E-state index contributed by atoms with van der Waals surface area (Å²) in [5.41, 5.74) is 0.831. The molecule has 1 aromatic carbocycles. The summed E-state index contributed by atoms with van der Waals surface area (Å²) in [4.78, 5) is 28.8. The van der Waals surface area contributed by atoms with Gasteiger partial charge < -0.3 is 24.1 Å². The Morgan fingerprint density at radius 3 is 2.52 bits per heavy atom. The van der Waals surface area contributed by atoms with Crippen LogP contribution >= 0.6 is 0 Å². The largest absolute Gasteiger partial charge is 0.496 e. The third kappa shape index (κ3) is 2.95. The van der Waals surface area contributed by atoms with Crippen molar-refractivity contribution in [2.24, 2.45) is 0 Å². The molecule has 0 unspecified atom stereocenters. The number of carboxylic acid groups (broad SMARTS) is 1. The molecule has 0 saturated carbocycles. The van der Waals surface area contributed by atoms with E-state index in [9.17, 15) is 14.7 Å². The molecule has 134 valence electrons. The lowest BCUT2D eigenvalue weighted by molar-refractivity contribution is 0.0661. The van der Waals surface area contributed by atoms with Crippen molar-refractivity contribution in [3.63, 3.8) is 0 Å². The molecule has 1 N–H and O–H groups in total. The van der Waals surface area contributed by atoms with Gasteiger partial charge in [-0.1, -0.05) is 6.92 Å². The molecule has 25 heavy (non-hydrogen) atoms. The van der Waals surface area contributed by atoms with E-state index in [0.29, 0.717) is 11.1 Å². The number of ether oxygens (including phenoxy) is 1. The molecule has 0 atom stereocenters. The van der Waals surface area contributed by atoms with Gasteiger partial charge in [-0.15, -0.1) is 0 Å². The summed E-state index contributed by atoms with van der Waals surface area (Å²) in [5, 5.41) is 9.77. The van der Waals surface area contributed by atoms with Crippen molar-refractivity contribution in [1.29, 1.82) is 0 Å². The topological polar surface area (TPSA) is 83.2 Å². The summed E-state index contributed by atoms with van der Waals surface area (Å²) in [5.74, 6) is -1.13. The van der Waals surface area contributed by atoms with Gasteiger partial charge in [-0.05, 0) is 25.6 Å². The van der Waals surface area contributed by atoms with Crippen LogP contribution in [0.1, 0.15) is 23.0 Å². The van der Waals surface area contributed by atoms with Gasteiger partial charge in [-0.25, -0.2) is 4.79 Å². The number of carbonyl (C=O) groups is 1. The fraction of sp³-hybridized carbons (Fsp3) is 0.444. The second kappa shape index (κ2) is 6.76. The van der Waals surface area contributed by atoms with Gasteiger partial charge in [0.25, 0.3) is 0 Å². The number of fused-ring (bicyclic) bond motifs is 1. The number of likely N-dealkylation sites (N-methyl/N-ethyl adjacent to an activating group) is 1. The fourth-order valence-corrected chi connectivity index (χ4v) is 3.25. The quantitative estimate of drug-likeness (QED) is 0.904. The normalized spacial score (nSPS) is 15.6. The molecule has 7 heteroatoms. The van der Waals surface area contributed by atoms with E-state index in [1.54, 1.807) is 13.0 Å². The Morgan fingerprint density at radius 1 is 1.28 bits per heavy atom. The molecule has 3 rings (SSSR count). The lowest BCUT2D eigenvalue weighted by Gasteiger charge is -2.34. The second-order valence-electron chi connectivity index (χ2n) is 6.18. The summed E-state index contributed by atoms with van der Waals surface area (Å²) in [6.07, 6.45) is 0.280. The number of hydrogen-bond acceptors (Lipinski definition) is 6. The minimum absolute atomic E-state index is 0.161. The summed E-state index contributed by atoms with van der Waals surface area (Å²) in [6, 6.07) is 3.57. The fourth-order valence-electron chi connectivity index (χ4n) is 3.25. The average Bonchev–Trinajstić information content (AvgIpc) is 2.61. The predicted octanol–water partition coefficient (Wildman–Crippen LogP) is 1.81. The number of benzene rings is 1. The Kier molecular flexibility index (Phi) is 4.67. The number of methoxy groups -OCH3 is 1.